The Morgan fingerprint density at radius 3 is 2.60 bits per heavy atom. The van der Waals surface area contributed by atoms with Crippen LogP contribution >= 0.6 is 0 Å². The van der Waals surface area contributed by atoms with E-state index in [2.05, 4.69) is 10.4 Å². The second-order valence-corrected chi connectivity index (χ2v) is 4.27. The molecule has 1 aromatic heterocycles. The van der Waals surface area contributed by atoms with E-state index in [1.165, 1.54) is 6.20 Å². The molecule has 0 fully saturated rings. The summed E-state index contributed by atoms with van der Waals surface area (Å²) in [7, 11) is 0. The molecule has 1 unspecified atom stereocenters. The first-order chi connectivity index (χ1) is 9.60. The quantitative estimate of drug-likeness (QED) is 0.514. The number of rotatable bonds is 4. The van der Waals surface area contributed by atoms with Crippen molar-refractivity contribution in [3.05, 3.63) is 64.7 Å². The van der Waals surface area contributed by atoms with E-state index in [4.69, 9.17) is 5.84 Å². The number of halogens is 3. The minimum atomic E-state index is -1.52. The van der Waals surface area contributed by atoms with Gasteiger partial charge in [-0.25, -0.2) is 18.6 Å². The molecule has 2 aromatic rings. The fourth-order valence-electron chi connectivity index (χ4n) is 2.09. The van der Waals surface area contributed by atoms with Crippen LogP contribution in [0.3, 0.4) is 0 Å². The van der Waals surface area contributed by atoms with Crippen LogP contribution in [0.25, 0.3) is 0 Å². The topological polar surface area (TPSA) is 50.9 Å². The second kappa shape index (κ2) is 6.02. The molecule has 0 amide bonds. The highest BCUT2D eigenvalue weighted by atomic mass is 19.2. The Bertz CT molecular complexity index is 617. The maximum Gasteiger partial charge on any atom is 0.194 e. The van der Waals surface area contributed by atoms with Crippen LogP contribution in [-0.4, -0.2) is 4.98 Å². The van der Waals surface area contributed by atoms with Crippen molar-refractivity contribution >= 4 is 0 Å². The van der Waals surface area contributed by atoms with Crippen molar-refractivity contribution in [2.75, 3.05) is 0 Å². The number of nitrogens with two attached hydrogens (primary N) is 1. The molecule has 6 heteroatoms. The fourth-order valence-corrected chi connectivity index (χ4v) is 2.09. The molecule has 3 nitrogen and oxygen atoms in total. The van der Waals surface area contributed by atoms with E-state index in [9.17, 15) is 13.2 Å². The van der Waals surface area contributed by atoms with Crippen molar-refractivity contribution in [3.8, 4) is 0 Å². The number of aryl methyl sites for hydroxylation is 1. The Morgan fingerprint density at radius 1 is 1.20 bits per heavy atom. The minimum Gasteiger partial charge on any atom is -0.271 e. The van der Waals surface area contributed by atoms with Gasteiger partial charge in [-0.15, -0.1) is 0 Å². The van der Waals surface area contributed by atoms with Crippen molar-refractivity contribution in [1.29, 1.82) is 0 Å². The van der Waals surface area contributed by atoms with Gasteiger partial charge in [0.25, 0.3) is 0 Å². The van der Waals surface area contributed by atoms with Gasteiger partial charge in [-0.05, 0) is 24.1 Å². The second-order valence-electron chi connectivity index (χ2n) is 4.27. The summed E-state index contributed by atoms with van der Waals surface area (Å²) in [5.74, 6) is 1.43. The van der Waals surface area contributed by atoms with Crippen LogP contribution in [0.15, 0.2) is 30.5 Å². The normalized spacial score (nSPS) is 12.4. The highest BCUT2D eigenvalue weighted by Crippen LogP contribution is 2.27. The SMILES string of the molecule is CCc1cccnc1C(NN)c1ccc(F)c(F)c1F. The van der Waals surface area contributed by atoms with Gasteiger partial charge in [0.15, 0.2) is 17.5 Å². The van der Waals surface area contributed by atoms with Crippen LogP contribution in [0.5, 0.6) is 0 Å². The van der Waals surface area contributed by atoms with E-state index in [1.54, 1.807) is 6.07 Å². The average molecular weight is 281 g/mol. The lowest BCUT2D eigenvalue weighted by Gasteiger charge is -2.19. The molecule has 1 heterocycles. The van der Waals surface area contributed by atoms with Crippen LogP contribution in [0.1, 0.15) is 29.8 Å². The third-order valence-electron chi connectivity index (χ3n) is 3.12. The molecule has 1 aromatic carbocycles. The summed E-state index contributed by atoms with van der Waals surface area (Å²) in [6.45, 7) is 1.91. The zero-order valence-corrected chi connectivity index (χ0v) is 10.8. The lowest BCUT2D eigenvalue weighted by molar-refractivity contribution is 0.432. The smallest absolute Gasteiger partial charge is 0.194 e. The van der Waals surface area contributed by atoms with E-state index in [1.807, 2.05) is 13.0 Å². The number of hydrogen-bond donors (Lipinski definition) is 2. The Labute approximate surface area is 114 Å². The predicted octanol–water partition coefficient (Wildman–Crippen LogP) is 2.61. The molecule has 0 saturated carbocycles. The van der Waals surface area contributed by atoms with Gasteiger partial charge < -0.3 is 0 Å². The third-order valence-corrected chi connectivity index (χ3v) is 3.12. The van der Waals surface area contributed by atoms with Gasteiger partial charge in [0.2, 0.25) is 0 Å². The molecule has 2 rings (SSSR count). The minimum absolute atomic E-state index is 0.0835. The molecular formula is C14H14F3N3. The fraction of sp³-hybridized carbons (Fsp3) is 0.214. The lowest BCUT2D eigenvalue weighted by Crippen LogP contribution is -2.31. The van der Waals surface area contributed by atoms with Gasteiger partial charge in [-0.3, -0.25) is 10.8 Å². The van der Waals surface area contributed by atoms with E-state index >= 15 is 0 Å². The largest absolute Gasteiger partial charge is 0.271 e. The van der Waals surface area contributed by atoms with Crippen LogP contribution in [0.2, 0.25) is 0 Å². The van der Waals surface area contributed by atoms with Gasteiger partial charge in [-0.1, -0.05) is 19.1 Å². The van der Waals surface area contributed by atoms with Crippen molar-refractivity contribution < 1.29 is 13.2 Å². The summed E-state index contributed by atoms with van der Waals surface area (Å²) in [5.41, 5.74) is 3.66. The zero-order valence-electron chi connectivity index (χ0n) is 10.8. The molecule has 0 bridgehead atoms. The van der Waals surface area contributed by atoms with Crippen LogP contribution in [0, 0.1) is 17.5 Å². The summed E-state index contributed by atoms with van der Waals surface area (Å²) < 4.78 is 40.2. The van der Waals surface area contributed by atoms with Gasteiger partial charge in [0.05, 0.1) is 11.7 Å². The van der Waals surface area contributed by atoms with Crippen molar-refractivity contribution in [2.24, 2.45) is 5.84 Å². The average Bonchev–Trinajstić information content (AvgIpc) is 2.48. The van der Waals surface area contributed by atoms with Gasteiger partial charge in [-0.2, -0.15) is 0 Å². The maximum atomic E-state index is 13.9. The molecule has 1 atom stereocenters. The summed E-state index contributed by atoms with van der Waals surface area (Å²) in [4.78, 5) is 4.16. The summed E-state index contributed by atoms with van der Waals surface area (Å²) >= 11 is 0. The molecule has 106 valence electrons. The van der Waals surface area contributed by atoms with E-state index in [0.717, 1.165) is 17.7 Å². The van der Waals surface area contributed by atoms with Gasteiger partial charge >= 0.3 is 0 Å². The number of nitrogens with one attached hydrogen (secondary N) is 1. The number of nitrogens with zero attached hydrogens (tertiary/aromatic N) is 1. The summed E-state index contributed by atoms with van der Waals surface area (Å²) in [5, 5.41) is 0. The molecular weight excluding hydrogens is 267 g/mol. The molecule has 0 aliphatic heterocycles. The van der Waals surface area contributed by atoms with Crippen LogP contribution < -0.4 is 11.3 Å². The van der Waals surface area contributed by atoms with E-state index in [0.29, 0.717) is 12.1 Å². The first kappa shape index (κ1) is 14.5. The molecule has 0 spiro atoms. The maximum absolute atomic E-state index is 13.9. The number of pyridine rings is 1. The Hall–Kier alpha value is -1.92. The van der Waals surface area contributed by atoms with Crippen LogP contribution in [0.4, 0.5) is 13.2 Å². The van der Waals surface area contributed by atoms with Crippen molar-refractivity contribution in [1.82, 2.24) is 10.4 Å². The number of benzene rings is 1. The van der Waals surface area contributed by atoms with E-state index < -0.39 is 23.5 Å². The van der Waals surface area contributed by atoms with Gasteiger partial charge in [0.1, 0.15) is 0 Å². The molecule has 20 heavy (non-hydrogen) atoms. The molecule has 0 aliphatic rings. The number of hydrogen-bond acceptors (Lipinski definition) is 3. The first-order valence-corrected chi connectivity index (χ1v) is 6.13. The number of hydrazine groups is 1. The van der Waals surface area contributed by atoms with Crippen molar-refractivity contribution in [3.63, 3.8) is 0 Å². The Morgan fingerprint density at radius 2 is 1.95 bits per heavy atom. The van der Waals surface area contributed by atoms with Crippen LogP contribution in [-0.2, 0) is 6.42 Å². The first-order valence-electron chi connectivity index (χ1n) is 6.13. The number of aromatic nitrogens is 1. The highest BCUT2D eigenvalue weighted by Gasteiger charge is 2.23. The lowest BCUT2D eigenvalue weighted by atomic mass is 9.98. The molecule has 0 radical (unpaired) electrons. The van der Waals surface area contributed by atoms with E-state index in [-0.39, 0.29) is 5.56 Å². The van der Waals surface area contributed by atoms with Gasteiger partial charge in [0, 0.05) is 11.8 Å². The Balaban J connectivity index is 2.56. The van der Waals surface area contributed by atoms with Crippen molar-refractivity contribution in [2.45, 2.75) is 19.4 Å². The molecule has 0 aliphatic carbocycles. The summed E-state index contributed by atoms with van der Waals surface area (Å²) in [6.07, 6.45) is 2.20. The predicted molar refractivity (Wildman–Crippen MR) is 69.1 cm³/mol. The monoisotopic (exact) mass is 281 g/mol. The molecule has 0 saturated heterocycles. The summed E-state index contributed by atoms with van der Waals surface area (Å²) in [6, 6.07) is 4.75. The molecule has 3 N–H and O–H groups in total. The highest BCUT2D eigenvalue weighted by molar-refractivity contribution is 5.34. The third kappa shape index (κ3) is 2.52. The standard InChI is InChI=1S/C14H14F3N3/c1-2-8-4-3-7-19-13(8)14(20-18)9-5-6-10(15)12(17)11(9)16/h3-7,14,20H,2,18H2,1H3. The zero-order chi connectivity index (χ0) is 14.7. The Kier molecular flexibility index (Phi) is 4.36.